The van der Waals surface area contributed by atoms with Crippen molar-refractivity contribution in [3.8, 4) is 0 Å². The van der Waals surface area contributed by atoms with E-state index in [9.17, 15) is 9.59 Å². The van der Waals surface area contributed by atoms with Crippen molar-refractivity contribution in [3.05, 3.63) is 34.9 Å². The molecular weight excluding hydrogens is 348 g/mol. The quantitative estimate of drug-likeness (QED) is 0.746. The molecule has 4 nitrogen and oxygen atoms in total. The van der Waals surface area contributed by atoms with Crippen molar-refractivity contribution in [1.82, 2.24) is 10.2 Å². The summed E-state index contributed by atoms with van der Waals surface area (Å²) in [5.41, 5.74) is 1.22. The van der Waals surface area contributed by atoms with E-state index in [0.29, 0.717) is 24.8 Å². The summed E-state index contributed by atoms with van der Waals surface area (Å²) >= 11 is 5.90. The van der Waals surface area contributed by atoms with Crippen LogP contribution in [-0.2, 0) is 16.0 Å². The number of carbonyl (C=O) groups excluding carboxylic acids is 2. The maximum atomic E-state index is 12.5. The second-order valence-electron chi connectivity index (χ2n) is 7.71. The zero-order valence-electron chi connectivity index (χ0n) is 15.4. The molecule has 0 bridgehead atoms. The predicted molar refractivity (Wildman–Crippen MR) is 104 cm³/mol. The highest BCUT2D eigenvalue weighted by Gasteiger charge is 2.26. The molecule has 1 heterocycles. The minimum absolute atomic E-state index is 0.180. The molecule has 1 saturated heterocycles. The summed E-state index contributed by atoms with van der Waals surface area (Å²) in [4.78, 5) is 26.4. The number of hydrogen-bond acceptors (Lipinski definition) is 2. The molecule has 0 spiro atoms. The van der Waals surface area contributed by atoms with E-state index in [-0.39, 0.29) is 11.8 Å². The van der Waals surface area contributed by atoms with Gasteiger partial charge in [-0.05, 0) is 68.6 Å². The van der Waals surface area contributed by atoms with E-state index in [2.05, 4.69) is 5.32 Å². The Morgan fingerprint density at radius 2 is 1.88 bits per heavy atom. The van der Waals surface area contributed by atoms with Gasteiger partial charge in [0, 0.05) is 37.0 Å². The van der Waals surface area contributed by atoms with Gasteiger partial charge in [0.2, 0.25) is 11.8 Å². The van der Waals surface area contributed by atoms with Gasteiger partial charge < -0.3 is 10.2 Å². The summed E-state index contributed by atoms with van der Waals surface area (Å²) < 4.78 is 0. The zero-order valence-corrected chi connectivity index (χ0v) is 16.1. The molecule has 0 aromatic heterocycles. The normalized spacial score (nSPS) is 20.0. The molecule has 26 heavy (non-hydrogen) atoms. The molecule has 3 rings (SSSR count). The first-order valence-corrected chi connectivity index (χ1v) is 10.3. The standard InChI is InChI=1S/C21H29ClN2O2/c22-18-9-6-16(7-10-18)3-1-5-21(26)24-14-2-4-17(15-24)8-13-20(25)23-19-11-12-19/h6-7,9-10,17,19H,1-5,8,11-15H2,(H,23,25). The minimum atomic E-state index is 0.180. The van der Waals surface area contributed by atoms with Crippen LogP contribution in [0.5, 0.6) is 0 Å². The summed E-state index contributed by atoms with van der Waals surface area (Å²) in [6.45, 7) is 1.68. The Balaban J connectivity index is 1.35. The average Bonchev–Trinajstić information content (AvgIpc) is 3.46. The van der Waals surface area contributed by atoms with Crippen molar-refractivity contribution in [2.75, 3.05) is 13.1 Å². The summed E-state index contributed by atoms with van der Waals surface area (Å²) in [6, 6.07) is 8.28. The molecule has 1 aromatic carbocycles. The Bertz CT molecular complexity index is 613. The van der Waals surface area contributed by atoms with E-state index in [1.54, 1.807) is 0 Å². The van der Waals surface area contributed by atoms with Crippen molar-refractivity contribution in [3.63, 3.8) is 0 Å². The number of likely N-dealkylation sites (tertiary alicyclic amines) is 1. The number of rotatable bonds is 8. The molecule has 5 heteroatoms. The van der Waals surface area contributed by atoms with E-state index in [4.69, 9.17) is 11.6 Å². The maximum Gasteiger partial charge on any atom is 0.222 e. The van der Waals surface area contributed by atoms with Gasteiger partial charge in [-0.3, -0.25) is 9.59 Å². The fourth-order valence-corrected chi connectivity index (χ4v) is 3.77. The van der Waals surface area contributed by atoms with Gasteiger partial charge in [-0.25, -0.2) is 0 Å². The first-order chi connectivity index (χ1) is 12.6. The molecule has 0 radical (unpaired) electrons. The van der Waals surface area contributed by atoms with E-state index < -0.39 is 0 Å². The van der Waals surface area contributed by atoms with E-state index in [1.807, 2.05) is 29.2 Å². The number of carbonyl (C=O) groups is 2. The second-order valence-corrected chi connectivity index (χ2v) is 8.14. The number of benzene rings is 1. The lowest BCUT2D eigenvalue weighted by Crippen LogP contribution is -2.40. The van der Waals surface area contributed by atoms with Gasteiger partial charge in [-0.1, -0.05) is 23.7 Å². The van der Waals surface area contributed by atoms with Gasteiger partial charge in [-0.2, -0.15) is 0 Å². The number of aryl methyl sites for hydroxylation is 1. The monoisotopic (exact) mass is 376 g/mol. The smallest absolute Gasteiger partial charge is 0.222 e. The molecule has 1 unspecified atom stereocenters. The fourth-order valence-electron chi connectivity index (χ4n) is 3.64. The Kier molecular flexibility index (Phi) is 6.95. The van der Waals surface area contributed by atoms with Crippen molar-refractivity contribution in [2.24, 2.45) is 5.92 Å². The first kappa shape index (κ1) is 19.2. The van der Waals surface area contributed by atoms with Crippen LogP contribution < -0.4 is 5.32 Å². The minimum Gasteiger partial charge on any atom is -0.353 e. The Hall–Kier alpha value is -1.55. The predicted octanol–water partition coefficient (Wildman–Crippen LogP) is 3.96. The molecule has 2 aliphatic rings. The molecule has 1 atom stereocenters. The average molecular weight is 377 g/mol. The Labute approximate surface area is 161 Å². The zero-order chi connectivity index (χ0) is 18.4. The van der Waals surface area contributed by atoms with Gasteiger partial charge in [0.25, 0.3) is 0 Å². The SMILES string of the molecule is O=C(CCC1CCCN(C(=O)CCCc2ccc(Cl)cc2)C1)NC1CC1. The lowest BCUT2D eigenvalue weighted by molar-refractivity contribution is -0.133. The number of nitrogens with one attached hydrogen (secondary N) is 1. The van der Waals surface area contributed by atoms with Crippen LogP contribution in [0, 0.1) is 5.92 Å². The van der Waals surface area contributed by atoms with E-state index >= 15 is 0 Å². The molecule has 1 aliphatic heterocycles. The van der Waals surface area contributed by atoms with Crippen LogP contribution in [0.25, 0.3) is 0 Å². The van der Waals surface area contributed by atoms with Crippen molar-refractivity contribution >= 4 is 23.4 Å². The number of halogens is 1. The van der Waals surface area contributed by atoms with Crippen LogP contribution in [0.1, 0.15) is 56.9 Å². The molecule has 2 fully saturated rings. The molecule has 1 N–H and O–H groups in total. The van der Waals surface area contributed by atoms with Gasteiger partial charge in [-0.15, -0.1) is 0 Å². The third kappa shape index (κ3) is 6.31. The van der Waals surface area contributed by atoms with E-state index in [0.717, 1.165) is 63.1 Å². The van der Waals surface area contributed by atoms with Gasteiger partial charge >= 0.3 is 0 Å². The molecular formula is C21H29ClN2O2. The summed E-state index contributed by atoms with van der Waals surface area (Å²) in [6.07, 6.45) is 8.31. The van der Waals surface area contributed by atoms with Crippen molar-refractivity contribution in [2.45, 2.75) is 63.8 Å². The van der Waals surface area contributed by atoms with Crippen LogP contribution in [0.2, 0.25) is 5.02 Å². The fraction of sp³-hybridized carbons (Fsp3) is 0.619. The molecule has 1 aliphatic carbocycles. The Morgan fingerprint density at radius 3 is 2.62 bits per heavy atom. The summed E-state index contributed by atoms with van der Waals surface area (Å²) in [5, 5.41) is 3.79. The number of hydrogen-bond donors (Lipinski definition) is 1. The lowest BCUT2D eigenvalue weighted by Gasteiger charge is -2.33. The first-order valence-electron chi connectivity index (χ1n) is 9.92. The number of piperidine rings is 1. The van der Waals surface area contributed by atoms with Crippen LogP contribution in [0.15, 0.2) is 24.3 Å². The lowest BCUT2D eigenvalue weighted by atomic mass is 9.93. The van der Waals surface area contributed by atoms with Gasteiger partial charge in [0.1, 0.15) is 0 Å². The molecule has 1 saturated carbocycles. The van der Waals surface area contributed by atoms with Crippen LogP contribution in [0.3, 0.4) is 0 Å². The van der Waals surface area contributed by atoms with E-state index in [1.165, 1.54) is 5.56 Å². The van der Waals surface area contributed by atoms with Crippen LogP contribution >= 0.6 is 11.6 Å². The number of amides is 2. The third-order valence-corrected chi connectivity index (χ3v) is 5.62. The van der Waals surface area contributed by atoms with Gasteiger partial charge in [0.05, 0.1) is 0 Å². The Morgan fingerprint density at radius 1 is 1.12 bits per heavy atom. The second kappa shape index (κ2) is 9.40. The van der Waals surface area contributed by atoms with Crippen molar-refractivity contribution < 1.29 is 9.59 Å². The summed E-state index contributed by atoms with van der Waals surface area (Å²) in [7, 11) is 0. The highest BCUT2D eigenvalue weighted by atomic mass is 35.5. The number of nitrogens with zero attached hydrogens (tertiary/aromatic N) is 1. The third-order valence-electron chi connectivity index (χ3n) is 5.36. The highest BCUT2D eigenvalue weighted by Crippen LogP contribution is 2.23. The van der Waals surface area contributed by atoms with Crippen molar-refractivity contribution in [1.29, 1.82) is 0 Å². The molecule has 2 amide bonds. The largest absolute Gasteiger partial charge is 0.353 e. The van der Waals surface area contributed by atoms with Gasteiger partial charge in [0.15, 0.2) is 0 Å². The molecule has 1 aromatic rings. The molecule has 142 valence electrons. The topological polar surface area (TPSA) is 49.4 Å². The van der Waals surface area contributed by atoms with Crippen LogP contribution in [0.4, 0.5) is 0 Å². The van der Waals surface area contributed by atoms with Crippen LogP contribution in [-0.4, -0.2) is 35.8 Å². The highest BCUT2D eigenvalue weighted by molar-refractivity contribution is 6.30. The summed E-state index contributed by atoms with van der Waals surface area (Å²) in [5.74, 6) is 0.902. The maximum absolute atomic E-state index is 12.5.